The summed E-state index contributed by atoms with van der Waals surface area (Å²) in [4.78, 5) is 16.3. The molecule has 2 aromatic carbocycles. The lowest BCUT2D eigenvalue weighted by Crippen LogP contribution is -2.36. The molecule has 0 radical (unpaired) electrons. The second-order valence-corrected chi connectivity index (χ2v) is 9.99. The van der Waals surface area contributed by atoms with Crippen LogP contribution >= 0.6 is 11.3 Å². The Morgan fingerprint density at radius 1 is 1.24 bits per heavy atom. The summed E-state index contributed by atoms with van der Waals surface area (Å²) in [5, 5.41) is 13.5. The summed E-state index contributed by atoms with van der Waals surface area (Å²) >= 11 is 0.962. The molecule has 33 heavy (non-hydrogen) atoms. The lowest BCUT2D eigenvalue weighted by Gasteiger charge is -2.20. The number of aromatic nitrogens is 1. The van der Waals surface area contributed by atoms with Crippen LogP contribution in [0.5, 0.6) is 0 Å². The van der Waals surface area contributed by atoms with E-state index in [1.807, 2.05) is 30.3 Å². The molecule has 1 aromatic heterocycles. The van der Waals surface area contributed by atoms with Gasteiger partial charge in [0, 0.05) is 37.1 Å². The second-order valence-electron chi connectivity index (χ2n) is 7.51. The maximum atomic E-state index is 14.8. The number of likely N-dealkylation sites (tertiary alicyclic amines) is 1. The third-order valence-corrected chi connectivity index (χ3v) is 7.49. The molecule has 0 saturated carbocycles. The number of rotatable bonds is 7. The summed E-state index contributed by atoms with van der Waals surface area (Å²) in [6, 6.07) is 10.9. The molecular formula is C21H20F2N4O4S2. The van der Waals surface area contributed by atoms with Gasteiger partial charge >= 0.3 is 6.09 Å². The summed E-state index contributed by atoms with van der Waals surface area (Å²) in [5.41, 5.74) is 2.19. The van der Waals surface area contributed by atoms with E-state index in [9.17, 15) is 27.1 Å². The maximum absolute atomic E-state index is 14.8. The molecule has 4 rings (SSSR count). The topological polar surface area (TPSA) is 103 Å². The van der Waals surface area contributed by atoms with Gasteiger partial charge in [-0.05, 0) is 18.1 Å². The van der Waals surface area contributed by atoms with Gasteiger partial charge in [-0.15, -0.1) is 15.6 Å². The third kappa shape index (κ3) is 4.97. The van der Waals surface area contributed by atoms with E-state index in [2.05, 4.69) is 15.2 Å². The Labute approximate surface area is 193 Å². The molecule has 0 bridgehead atoms. The summed E-state index contributed by atoms with van der Waals surface area (Å²) < 4.78 is 55.1. The molecule has 1 aliphatic rings. The molecule has 8 nitrogen and oxygen atoms in total. The summed E-state index contributed by atoms with van der Waals surface area (Å²) in [5.74, 6) is -2.68. The Bertz CT molecular complexity index is 1240. The van der Waals surface area contributed by atoms with Gasteiger partial charge in [0.1, 0.15) is 16.5 Å². The minimum absolute atomic E-state index is 0.0765. The van der Waals surface area contributed by atoms with E-state index < -0.39 is 38.5 Å². The molecule has 1 unspecified atom stereocenters. The Kier molecular flexibility index (Phi) is 6.58. The molecule has 1 amide bonds. The first kappa shape index (κ1) is 23.1. The van der Waals surface area contributed by atoms with Crippen molar-refractivity contribution >= 4 is 39.0 Å². The Balaban J connectivity index is 1.51. The molecule has 174 valence electrons. The standard InChI is InChI=1S/C21H20F2N4O4S2/c22-16-9-19(33(30,31)27(21(28)29)20-12-32-13-24-20)17(23)8-18(16)25-15-6-7-26(11-15)10-14-4-2-1-3-5-14/h1-5,8-9,12-13,15,25H,6-7,10-11H2,(H,28,29). The second kappa shape index (κ2) is 9.41. The largest absolute Gasteiger partial charge is 0.464 e. The molecule has 2 heterocycles. The number of benzene rings is 2. The number of halogens is 2. The van der Waals surface area contributed by atoms with Gasteiger partial charge in [0.05, 0.1) is 11.2 Å². The highest BCUT2D eigenvalue weighted by Crippen LogP contribution is 2.30. The van der Waals surface area contributed by atoms with Gasteiger partial charge in [-0.2, -0.15) is 0 Å². The van der Waals surface area contributed by atoms with Crippen molar-refractivity contribution in [3.63, 3.8) is 0 Å². The van der Waals surface area contributed by atoms with Gasteiger partial charge in [-0.3, -0.25) is 4.90 Å². The lowest BCUT2D eigenvalue weighted by molar-refractivity contribution is 0.206. The molecule has 12 heteroatoms. The van der Waals surface area contributed by atoms with E-state index in [0.29, 0.717) is 19.0 Å². The van der Waals surface area contributed by atoms with Crippen LogP contribution in [0.25, 0.3) is 0 Å². The van der Waals surface area contributed by atoms with Crippen molar-refractivity contribution < 1.29 is 27.1 Å². The molecule has 3 aromatic rings. The van der Waals surface area contributed by atoms with E-state index >= 15 is 0 Å². The lowest BCUT2D eigenvalue weighted by atomic mass is 10.2. The molecule has 2 N–H and O–H groups in total. The number of carbonyl (C=O) groups is 1. The smallest absolute Gasteiger partial charge is 0.427 e. The Morgan fingerprint density at radius 2 is 2.00 bits per heavy atom. The number of amides is 1. The van der Waals surface area contributed by atoms with Crippen molar-refractivity contribution in [2.75, 3.05) is 22.7 Å². The van der Waals surface area contributed by atoms with Crippen LogP contribution in [0.4, 0.5) is 25.1 Å². The first-order chi connectivity index (χ1) is 15.8. The zero-order valence-corrected chi connectivity index (χ0v) is 18.8. The van der Waals surface area contributed by atoms with E-state index in [4.69, 9.17) is 0 Å². The molecule has 1 atom stereocenters. The highest BCUT2D eigenvalue weighted by atomic mass is 32.2. The van der Waals surface area contributed by atoms with Crippen LogP contribution < -0.4 is 9.62 Å². The van der Waals surface area contributed by atoms with E-state index in [0.717, 1.165) is 36.1 Å². The molecule has 0 spiro atoms. The SMILES string of the molecule is O=C(O)N(c1cscn1)S(=O)(=O)c1cc(F)c(NC2CCN(Cc3ccccc3)C2)cc1F. The molecule has 1 saturated heterocycles. The summed E-state index contributed by atoms with van der Waals surface area (Å²) in [6.45, 7) is 2.10. The number of anilines is 2. The number of nitrogens with one attached hydrogen (secondary N) is 1. The van der Waals surface area contributed by atoms with Crippen LogP contribution in [-0.2, 0) is 16.6 Å². The van der Waals surface area contributed by atoms with E-state index in [1.165, 1.54) is 10.9 Å². The average Bonchev–Trinajstić information content (AvgIpc) is 3.43. The fourth-order valence-electron chi connectivity index (χ4n) is 3.72. The summed E-state index contributed by atoms with van der Waals surface area (Å²) in [6.07, 6.45) is -1.18. The minimum atomic E-state index is -4.94. The van der Waals surface area contributed by atoms with Crippen molar-refractivity contribution in [1.82, 2.24) is 9.88 Å². The Morgan fingerprint density at radius 3 is 2.67 bits per heavy atom. The number of hydrogen-bond donors (Lipinski definition) is 2. The number of carboxylic acid groups (broad SMARTS) is 1. The van der Waals surface area contributed by atoms with Crippen molar-refractivity contribution in [3.05, 3.63) is 70.6 Å². The normalized spacial score (nSPS) is 16.6. The number of sulfonamides is 1. The maximum Gasteiger partial charge on any atom is 0.427 e. The van der Waals surface area contributed by atoms with Crippen molar-refractivity contribution in [2.45, 2.75) is 23.9 Å². The predicted octanol–water partition coefficient (Wildman–Crippen LogP) is 3.98. The summed E-state index contributed by atoms with van der Waals surface area (Å²) in [7, 11) is -4.94. The minimum Gasteiger partial charge on any atom is -0.464 e. The molecule has 0 aliphatic carbocycles. The molecule has 1 aliphatic heterocycles. The highest BCUT2D eigenvalue weighted by molar-refractivity contribution is 7.93. The van der Waals surface area contributed by atoms with Crippen LogP contribution in [0.1, 0.15) is 12.0 Å². The van der Waals surface area contributed by atoms with Crippen LogP contribution in [0.3, 0.4) is 0 Å². The van der Waals surface area contributed by atoms with Gasteiger partial charge in [0.15, 0.2) is 5.82 Å². The number of hydrogen-bond acceptors (Lipinski definition) is 7. The van der Waals surface area contributed by atoms with Crippen molar-refractivity contribution in [3.8, 4) is 0 Å². The highest BCUT2D eigenvalue weighted by Gasteiger charge is 2.35. The monoisotopic (exact) mass is 494 g/mol. The number of thiazole rings is 1. The molecular weight excluding hydrogens is 474 g/mol. The van der Waals surface area contributed by atoms with Crippen molar-refractivity contribution in [2.24, 2.45) is 0 Å². The van der Waals surface area contributed by atoms with Gasteiger partial charge < -0.3 is 10.4 Å². The fraction of sp³-hybridized carbons (Fsp3) is 0.238. The third-order valence-electron chi connectivity index (χ3n) is 5.22. The van der Waals surface area contributed by atoms with E-state index in [1.54, 1.807) is 0 Å². The first-order valence-corrected chi connectivity index (χ1v) is 12.3. The predicted molar refractivity (Wildman–Crippen MR) is 120 cm³/mol. The van der Waals surface area contributed by atoms with Crippen LogP contribution in [0.15, 0.2) is 58.3 Å². The van der Waals surface area contributed by atoms with Crippen molar-refractivity contribution in [1.29, 1.82) is 0 Å². The quantitative estimate of drug-likeness (QED) is 0.512. The molecule has 1 fully saturated rings. The first-order valence-electron chi connectivity index (χ1n) is 9.94. The van der Waals surface area contributed by atoms with E-state index in [-0.39, 0.29) is 16.0 Å². The number of nitrogens with zero attached hydrogens (tertiary/aromatic N) is 3. The van der Waals surface area contributed by atoms with Gasteiger partial charge in [-0.25, -0.2) is 27.0 Å². The van der Waals surface area contributed by atoms with Gasteiger partial charge in [0.2, 0.25) is 0 Å². The Hall–Kier alpha value is -3.09. The van der Waals surface area contributed by atoms with Crippen LogP contribution in [0, 0.1) is 11.6 Å². The van der Waals surface area contributed by atoms with Gasteiger partial charge in [-0.1, -0.05) is 30.3 Å². The average molecular weight is 495 g/mol. The van der Waals surface area contributed by atoms with Crippen LogP contribution in [-0.4, -0.2) is 48.6 Å². The zero-order chi connectivity index (χ0) is 23.6. The van der Waals surface area contributed by atoms with Gasteiger partial charge in [0.25, 0.3) is 10.0 Å². The fourth-order valence-corrected chi connectivity index (χ4v) is 5.61. The van der Waals surface area contributed by atoms with Crippen LogP contribution in [0.2, 0.25) is 0 Å². The zero-order valence-electron chi connectivity index (χ0n) is 17.2.